The first-order valence-corrected chi connectivity index (χ1v) is 13.8. The largest absolute Gasteiger partial charge is 0.458 e. The SMILES string of the molecule is CC(C)(C)OC(=O)[C@@H]1[C@H](c2ccc([N+](=O)[O-])cc2)C2(C(=O)OC3(CCCCC3)OC2=O)[C@@H]2c3ccccc3C=NN12. The Bertz CT molecular complexity index is 1430. The summed E-state index contributed by atoms with van der Waals surface area (Å²) in [6.07, 6.45) is 4.78. The predicted molar refractivity (Wildman–Crippen MR) is 145 cm³/mol. The molecule has 41 heavy (non-hydrogen) atoms. The second-order valence-electron chi connectivity index (χ2n) is 12.1. The van der Waals surface area contributed by atoms with E-state index in [0.717, 1.165) is 19.3 Å². The maximum absolute atomic E-state index is 14.5. The molecule has 0 bridgehead atoms. The number of esters is 3. The van der Waals surface area contributed by atoms with E-state index in [1.807, 2.05) is 12.1 Å². The summed E-state index contributed by atoms with van der Waals surface area (Å²) in [6, 6.07) is 10.4. The molecule has 3 atom stereocenters. The molecule has 1 saturated carbocycles. The van der Waals surface area contributed by atoms with Gasteiger partial charge in [0, 0.05) is 30.9 Å². The molecule has 3 heterocycles. The van der Waals surface area contributed by atoms with Crippen molar-refractivity contribution in [2.24, 2.45) is 10.5 Å². The van der Waals surface area contributed by atoms with Crippen molar-refractivity contribution in [2.45, 2.75) is 82.3 Å². The third kappa shape index (κ3) is 4.17. The number of rotatable bonds is 3. The van der Waals surface area contributed by atoms with Crippen LogP contribution >= 0.6 is 0 Å². The van der Waals surface area contributed by atoms with Gasteiger partial charge in [0.2, 0.25) is 5.41 Å². The molecule has 3 fully saturated rings. The van der Waals surface area contributed by atoms with Crippen LogP contribution in [0.3, 0.4) is 0 Å². The Morgan fingerprint density at radius 2 is 1.66 bits per heavy atom. The first-order valence-electron chi connectivity index (χ1n) is 13.8. The lowest BCUT2D eigenvalue weighted by Gasteiger charge is -2.47. The fourth-order valence-electron chi connectivity index (χ4n) is 6.71. The summed E-state index contributed by atoms with van der Waals surface area (Å²) >= 11 is 0. The van der Waals surface area contributed by atoms with E-state index in [0.29, 0.717) is 29.5 Å². The summed E-state index contributed by atoms with van der Waals surface area (Å²) in [4.78, 5) is 53.9. The highest BCUT2D eigenvalue weighted by Crippen LogP contribution is 2.63. The van der Waals surface area contributed by atoms with Gasteiger partial charge < -0.3 is 14.2 Å². The quantitative estimate of drug-likeness (QED) is 0.229. The minimum Gasteiger partial charge on any atom is -0.458 e. The Morgan fingerprint density at radius 3 is 2.27 bits per heavy atom. The highest BCUT2D eigenvalue weighted by atomic mass is 16.7. The van der Waals surface area contributed by atoms with Gasteiger partial charge in [-0.3, -0.25) is 24.7 Å². The zero-order chi connectivity index (χ0) is 29.2. The number of hydrogen-bond acceptors (Lipinski definition) is 10. The molecule has 1 aliphatic carbocycles. The van der Waals surface area contributed by atoms with Crippen molar-refractivity contribution in [3.63, 3.8) is 0 Å². The Morgan fingerprint density at radius 1 is 1.02 bits per heavy atom. The van der Waals surface area contributed by atoms with Gasteiger partial charge in [0.15, 0.2) is 6.04 Å². The average Bonchev–Trinajstić information content (AvgIpc) is 3.24. The molecule has 2 saturated heterocycles. The first kappa shape index (κ1) is 26.9. The van der Waals surface area contributed by atoms with E-state index in [1.165, 1.54) is 29.3 Å². The van der Waals surface area contributed by atoms with Crippen LogP contribution in [0.25, 0.3) is 0 Å². The number of hydrogen-bond donors (Lipinski definition) is 0. The number of nitro benzene ring substituents is 1. The highest BCUT2D eigenvalue weighted by molar-refractivity contribution is 6.06. The van der Waals surface area contributed by atoms with Gasteiger partial charge in [-0.15, -0.1) is 0 Å². The average molecular weight is 562 g/mol. The smallest absolute Gasteiger partial charge is 0.331 e. The van der Waals surface area contributed by atoms with Crippen molar-refractivity contribution < 1.29 is 33.5 Å². The Labute approximate surface area is 236 Å². The molecule has 2 spiro atoms. The summed E-state index contributed by atoms with van der Waals surface area (Å²) in [6.45, 7) is 5.16. The summed E-state index contributed by atoms with van der Waals surface area (Å²) in [5.74, 6) is -4.84. The van der Waals surface area contributed by atoms with Crippen molar-refractivity contribution in [1.82, 2.24) is 5.01 Å². The molecule has 0 aromatic heterocycles. The first-order chi connectivity index (χ1) is 19.5. The maximum atomic E-state index is 14.5. The van der Waals surface area contributed by atoms with Crippen LogP contribution in [0, 0.1) is 15.5 Å². The van der Waals surface area contributed by atoms with Crippen LogP contribution in [-0.2, 0) is 28.6 Å². The highest BCUT2D eigenvalue weighted by Gasteiger charge is 2.76. The van der Waals surface area contributed by atoms with Gasteiger partial charge in [0.1, 0.15) is 11.6 Å². The van der Waals surface area contributed by atoms with Gasteiger partial charge in [0.05, 0.1) is 11.1 Å². The number of nitro groups is 1. The van der Waals surface area contributed by atoms with Crippen molar-refractivity contribution in [3.05, 3.63) is 75.3 Å². The minimum atomic E-state index is -2.05. The maximum Gasteiger partial charge on any atom is 0.331 e. The Hall–Kier alpha value is -4.28. The molecule has 11 heteroatoms. The third-order valence-electron chi connectivity index (χ3n) is 8.37. The van der Waals surface area contributed by atoms with Crippen molar-refractivity contribution in [1.29, 1.82) is 0 Å². The van der Waals surface area contributed by atoms with Crippen LogP contribution in [0.15, 0.2) is 53.6 Å². The Balaban J connectivity index is 1.59. The molecule has 0 radical (unpaired) electrons. The van der Waals surface area contributed by atoms with E-state index in [4.69, 9.17) is 14.2 Å². The van der Waals surface area contributed by atoms with Crippen molar-refractivity contribution >= 4 is 29.8 Å². The van der Waals surface area contributed by atoms with E-state index in [-0.39, 0.29) is 5.69 Å². The predicted octanol–water partition coefficient (Wildman–Crippen LogP) is 4.54. The molecule has 3 aliphatic heterocycles. The summed E-state index contributed by atoms with van der Waals surface area (Å²) in [7, 11) is 0. The molecule has 2 aromatic carbocycles. The third-order valence-corrected chi connectivity index (χ3v) is 8.37. The van der Waals surface area contributed by atoms with E-state index < -0.39 is 57.6 Å². The number of non-ortho nitro benzene ring substituents is 1. The lowest BCUT2D eigenvalue weighted by atomic mass is 9.65. The van der Waals surface area contributed by atoms with Crippen LogP contribution in [0.1, 0.15) is 81.5 Å². The van der Waals surface area contributed by atoms with E-state index in [9.17, 15) is 24.5 Å². The van der Waals surface area contributed by atoms with Gasteiger partial charge in [0.25, 0.3) is 11.5 Å². The van der Waals surface area contributed by atoms with Crippen LogP contribution in [0.2, 0.25) is 0 Å². The lowest BCUT2D eigenvalue weighted by Crippen LogP contribution is -2.60. The van der Waals surface area contributed by atoms with Crippen molar-refractivity contribution in [3.8, 4) is 0 Å². The summed E-state index contributed by atoms with van der Waals surface area (Å²) < 4.78 is 18.0. The molecule has 0 N–H and O–H groups in total. The minimum absolute atomic E-state index is 0.175. The van der Waals surface area contributed by atoms with Gasteiger partial charge in [-0.05, 0) is 50.3 Å². The van der Waals surface area contributed by atoms with Gasteiger partial charge >= 0.3 is 17.9 Å². The molecule has 6 rings (SSSR count). The molecule has 2 aromatic rings. The van der Waals surface area contributed by atoms with Crippen LogP contribution in [0.5, 0.6) is 0 Å². The topological polar surface area (TPSA) is 138 Å². The number of hydrazone groups is 1. The number of carbonyl (C=O) groups excluding carboxylic acids is 3. The zero-order valence-corrected chi connectivity index (χ0v) is 23.1. The fourth-order valence-corrected chi connectivity index (χ4v) is 6.71. The second kappa shape index (κ2) is 9.39. The number of benzene rings is 2. The molecule has 0 unspecified atom stereocenters. The standard InChI is InChI=1S/C30H31N3O8/c1-28(2,3)39-25(34)23-22(18-11-13-20(14-12-18)33(37)38)30(24-21-10-6-5-9-19(21)17-31-32(23)24)26(35)40-29(41-27(30)36)15-7-4-8-16-29/h5-6,9-14,17,22-24H,4,7-8,15-16H2,1-3H3/t22-,23-,24-/m0/s1. The van der Waals surface area contributed by atoms with Crippen molar-refractivity contribution in [2.75, 3.05) is 0 Å². The zero-order valence-electron chi connectivity index (χ0n) is 23.1. The molecule has 214 valence electrons. The van der Waals surface area contributed by atoms with Crippen LogP contribution < -0.4 is 0 Å². The molecular weight excluding hydrogens is 530 g/mol. The number of ether oxygens (including phenoxy) is 3. The number of nitrogens with zero attached hydrogens (tertiary/aromatic N) is 3. The molecule has 4 aliphatic rings. The van der Waals surface area contributed by atoms with Crippen LogP contribution in [0.4, 0.5) is 5.69 Å². The summed E-state index contributed by atoms with van der Waals surface area (Å²) in [5, 5.41) is 17.5. The van der Waals surface area contributed by atoms with Gasteiger partial charge in [-0.25, -0.2) is 4.79 Å². The molecular formula is C30H31N3O8. The monoisotopic (exact) mass is 561 g/mol. The normalized spacial score (nSPS) is 25.7. The number of carbonyl (C=O) groups is 3. The van der Waals surface area contributed by atoms with Crippen LogP contribution in [-0.4, -0.2) is 51.5 Å². The molecule has 0 amide bonds. The number of fused-ring (bicyclic) bond motifs is 4. The molecule has 11 nitrogen and oxygen atoms in total. The lowest BCUT2D eigenvalue weighted by molar-refractivity contribution is -0.384. The van der Waals surface area contributed by atoms with Gasteiger partial charge in [-0.1, -0.05) is 42.8 Å². The second-order valence-corrected chi connectivity index (χ2v) is 12.1. The summed E-state index contributed by atoms with van der Waals surface area (Å²) in [5.41, 5.74) is -1.48. The van der Waals surface area contributed by atoms with E-state index in [1.54, 1.807) is 39.1 Å². The van der Waals surface area contributed by atoms with E-state index in [2.05, 4.69) is 5.10 Å². The van der Waals surface area contributed by atoms with Gasteiger partial charge in [-0.2, -0.15) is 5.10 Å². The van der Waals surface area contributed by atoms with E-state index >= 15 is 0 Å². The Kier molecular flexibility index (Phi) is 6.16. The fraction of sp³-hybridized carbons (Fsp3) is 0.467.